The summed E-state index contributed by atoms with van der Waals surface area (Å²) in [6.45, 7) is 1.65. The molecule has 0 saturated heterocycles. The summed E-state index contributed by atoms with van der Waals surface area (Å²) in [5, 5.41) is 12.1. The van der Waals surface area contributed by atoms with E-state index in [0.717, 1.165) is 0 Å². The molecule has 0 fully saturated rings. The van der Waals surface area contributed by atoms with E-state index in [4.69, 9.17) is 4.42 Å². The number of nitrogens with one attached hydrogen (secondary N) is 1. The summed E-state index contributed by atoms with van der Waals surface area (Å²) in [5.74, 6) is 0.708. The molecule has 6 nitrogen and oxygen atoms in total. The van der Waals surface area contributed by atoms with Crippen molar-refractivity contribution in [2.24, 2.45) is 0 Å². The Balaban J connectivity index is 2.01. The molecule has 3 aromatic heterocycles. The van der Waals surface area contributed by atoms with Crippen LogP contribution >= 0.6 is 0 Å². The van der Waals surface area contributed by atoms with E-state index in [1.165, 1.54) is 0 Å². The number of rotatable bonds is 3. The van der Waals surface area contributed by atoms with Crippen molar-refractivity contribution < 1.29 is 9.21 Å². The number of pyridine rings is 1. The summed E-state index contributed by atoms with van der Waals surface area (Å²) in [6.07, 6.45) is 5.08. The Kier molecular flexibility index (Phi) is 3.46. The molecule has 3 heterocycles. The fraction of sp³-hybridized carbons (Fsp3) is 0.0625. The van der Waals surface area contributed by atoms with Crippen molar-refractivity contribution in [3.05, 3.63) is 65.8 Å². The summed E-state index contributed by atoms with van der Waals surface area (Å²) < 4.78 is 7.25. The topological polar surface area (TPSA) is 83.8 Å². The maximum Gasteiger partial charge on any atom is 0.261 e. The molecule has 3 aromatic rings. The molecule has 22 heavy (non-hydrogen) atoms. The zero-order valence-corrected chi connectivity index (χ0v) is 11.8. The van der Waals surface area contributed by atoms with Crippen LogP contribution in [-0.4, -0.2) is 15.5 Å². The van der Waals surface area contributed by atoms with E-state index in [9.17, 15) is 10.1 Å². The second-order valence-electron chi connectivity index (χ2n) is 4.58. The molecule has 0 atom stereocenters. The number of hydrogen-bond donors (Lipinski definition) is 1. The maximum absolute atomic E-state index is 12.4. The molecule has 6 heteroatoms. The van der Waals surface area contributed by atoms with Gasteiger partial charge in [0.2, 0.25) is 5.88 Å². The van der Waals surface area contributed by atoms with E-state index in [1.54, 1.807) is 48.3 Å². The number of carbonyl (C=O) groups is 1. The SMILES string of the molecule is Cc1oc(-n2cccc2)c(C#N)c1C(=O)Nc1ccccn1. The number of furan rings is 1. The molecule has 108 valence electrons. The summed E-state index contributed by atoms with van der Waals surface area (Å²) in [7, 11) is 0. The van der Waals surface area contributed by atoms with Gasteiger partial charge in [0.05, 0.1) is 0 Å². The minimum Gasteiger partial charge on any atom is -0.443 e. The van der Waals surface area contributed by atoms with Crippen molar-refractivity contribution >= 4 is 11.7 Å². The van der Waals surface area contributed by atoms with E-state index < -0.39 is 5.91 Å². The highest BCUT2D eigenvalue weighted by Gasteiger charge is 2.24. The quantitative estimate of drug-likeness (QED) is 0.804. The molecule has 0 unspecified atom stereocenters. The van der Waals surface area contributed by atoms with Crippen LogP contribution < -0.4 is 5.32 Å². The minimum absolute atomic E-state index is 0.196. The van der Waals surface area contributed by atoms with Crippen LogP contribution in [0.25, 0.3) is 5.88 Å². The number of hydrogen-bond acceptors (Lipinski definition) is 4. The van der Waals surface area contributed by atoms with Gasteiger partial charge in [0.25, 0.3) is 5.91 Å². The van der Waals surface area contributed by atoms with Gasteiger partial charge in [0.15, 0.2) is 0 Å². The highest BCUT2D eigenvalue weighted by Crippen LogP contribution is 2.26. The molecule has 0 aliphatic heterocycles. The summed E-state index contributed by atoms with van der Waals surface area (Å²) >= 11 is 0. The van der Waals surface area contributed by atoms with Gasteiger partial charge < -0.3 is 9.73 Å². The number of amides is 1. The standard InChI is InChI=1S/C16H12N4O2/c1-11-14(15(21)19-13-6-2-3-7-18-13)12(10-17)16(22-11)20-8-4-5-9-20/h2-9H,1H3,(H,18,19,21). The molecule has 0 bridgehead atoms. The molecular weight excluding hydrogens is 280 g/mol. The third-order valence-electron chi connectivity index (χ3n) is 3.15. The van der Waals surface area contributed by atoms with Crippen molar-refractivity contribution in [2.45, 2.75) is 6.92 Å². The summed E-state index contributed by atoms with van der Waals surface area (Å²) in [4.78, 5) is 16.5. The summed E-state index contributed by atoms with van der Waals surface area (Å²) in [6, 6.07) is 10.9. The van der Waals surface area contributed by atoms with E-state index in [0.29, 0.717) is 17.5 Å². The predicted molar refractivity (Wildman–Crippen MR) is 79.7 cm³/mol. The zero-order chi connectivity index (χ0) is 15.5. The number of aromatic nitrogens is 2. The minimum atomic E-state index is -0.421. The first-order valence-electron chi connectivity index (χ1n) is 6.60. The zero-order valence-electron chi connectivity index (χ0n) is 11.8. The van der Waals surface area contributed by atoms with Crippen LogP contribution in [0.2, 0.25) is 0 Å². The van der Waals surface area contributed by atoms with Crippen LogP contribution in [0.5, 0.6) is 0 Å². The van der Waals surface area contributed by atoms with E-state index in [-0.39, 0.29) is 11.1 Å². The smallest absolute Gasteiger partial charge is 0.261 e. The summed E-state index contributed by atoms with van der Waals surface area (Å²) in [5.41, 5.74) is 0.416. The Morgan fingerprint density at radius 3 is 2.73 bits per heavy atom. The molecule has 0 aliphatic rings. The molecule has 0 spiro atoms. The number of carbonyl (C=O) groups excluding carboxylic acids is 1. The molecule has 0 aliphatic carbocycles. The van der Waals surface area contributed by atoms with E-state index in [2.05, 4.69) is 10.3 Å². The second kappa shape index (κ2) is 5.58. The third-order valence-corrected chi connectivity index (χ3v) is 3.15. The van der Waals surface area contributed by atoms with E-state index >= 15 is 0 Å². The van der Waals surface area contributed by atoms with Crippen molar-refractivity contribution in [1.29, 1.82) is 5.26 Å². The lowest BCUT2D eigenvalue weighted by Crippen LogP contribution is -2.14. The Morgan fingerprint density at radius 1 is 1.32 bits per heavy atom. The van der Waals surface area contributed by atoms with Crippen LogP contribution in [0.4, 0.5) is 5.82 Å². The monoisotopic (exact) mass is 292 g/mol. The average molecular weight is 292 g/mol. The van der Waals surface area contributed by atoms with Crippen molar-refractivity contribution in [3.8, 4) is 12.0 Å². The first-order chi connectivity index (χ1) is 10.7. The molecule has 1 N–H and O–H groups in total. The van der Waals surface area contributed by atoms with Gasteiger partial charge in [0, 0.05) is 18.6 Å². The Hall–Kier alpha value is -3.33. The molecule has 0 aromatic carbocycles. The predicted octanol–water partition coefficient (Wildman–Crippen LogP) is 2.90. The van der Waals surface area contributed by atoms with Gasteiger partial charge in [-0.1, -0.05) is 6.07 Å². The first-order valence-corrected chi connectivity index (χ1v) is 6.60. The lowest BCUT2D eigenvalue weighted by atomic mass is 10.1. The number of aryl methyl sites for hydroxylation is 1. The Bertz CT molecular complexity index is 842. The lowest BCUT2D eigenvalue weighted by molar-refractivity contribution is 0.102. The average Bonchev–Trinajstić information content (AvgIpc) is 3.15. The van der Waals surface area contributed by atoms with Crippen molar-refractivity contribution in [3.63, 3.8) is 0 Å². The number of nitriles is 1. The Labute approximate surface area is 126 Å². The Morgan fingerprint density at radius 2 is 2.09 bits per heavy atom. The first kappa shape index (κ1) is 13.6. The maximum atomic E-state index is 12.4. The molecular formula is C16H12N4O2. The number of nitrogens with zero attached hydrogens (tertiary/aromatic N) is 3. The van der Waals surface area contributed by atoms with E-state index in [1.807, 2.05) is 18.2 Å². The largest absolute Gasteiger partial charge is 0.443 e. The van der Waals surface area contributed by atoms with Gasteiger partial charge in [-0.15, -0.1) is 0 Å². The highest BCUT2D eigenvalue weighted by atomic mass is 16.4. The highest BCUT2D eigenvalue weighted by molar-refractivity contribution is 6.06. The van der Waals surface area contributed by atoms with Crippen molar-refractivity contribution in [2.75, 3.05) is 5.32 Å². The van der Waals surface area contributed by atoms with Crippen LogP contribution in [0.1, 0.15) is 21.7 Å². The van der Waals surface area contributed by atoms with Gasteiger partial charge in [-0.05, 0) is 31.2 Å². The second-order valence-corrected chi connectivity index (χ2v) is 4.58. The fourth-order valence-corrected chi connectivity index (χ4v) is 2.17. The van der Waals surface area contributed by atoms with Gasteiger partial charge in [0.1, 0.15) is 28.8 Å². The lowest BCUT2D eigenvalue weighted by Gasteiger charge is -2.03. The van der Waals surface area contributed by atoms with Crippen molar-refractivity contribution in [1.82, 2.24) is 9.55 Å². The molecule has 1 amide bonds. The van der Waals surface area contributed by atoms with Crippen LogP contribution in [0, 0.1) is 18.3 Å². The molecule has 0 saturated carbocycles. The van der Waals surface area contributed by atoms with Crippen LogP contribution in [0.3, 0.4) is 0 Å². The van der Waals surface area contributed by atoms with Gasteiger partial charge in [-0.25, -0.2) is 4.98 Å². The molecule has 0 radical (unpaired) electrons. The van der Waals surface area contributed by atoms with Crippen LogP contribution in [0.15, 0.2) is 53.3 Å². The van der Waals surface area contributed by atoms with Gasteiger partial charge >= 0.3 is 0 Å². The van der Waals surface area contributed by atoms with Gasteiger partial charge in [-0.3, -0.25) is 9.36 Å². The third kappa shape index (κ3) is 2.36. The molecule has 3 rings (SSSR count). The fourth-order valence-electron chi connectivity index (χ4n) is 2.17. The normalized spacial score (nSPS) is 10.2. The number of anilines is 1. The van der Waals surface area contributed by atoms with Crippen LogP contribution in [-0.2, 0) is 0 Å². The van der Waals surface area contributed by atoms with Gasteiger partial charge in [-0.2, -0.15) is 5.26 Å².